The van der Waals surface area contributed by atoms with Crippen molar-refractivity contribution in [2.45, 2.75) is 70.4 Å². The molecule has 1 saturated heterocycles. The number of rotatable bonds is 4. The fourth-order valence-electron chi connectivity index (χ4n) is 3.63. The van der Waals surface area contributed by atoms with E-state index in [1.165, 1.54) is 38.5 Å². The summed E-state index contributed by atoms with van der Waals surface area (Å²) >= 11 is 0. The lowest BCUT2D eigenvalue weighted by atomic mass is 9.83. The molecule has 19 heavy (non-hydrogen) atoms. The SMILES string of the molecule is CCCC1CCC(NC2CCN(C(N)=O)CC2)CC1. The van der Waals surface area contributed by atoms with E-state index >= 15 is 0 Å². The van der Waals surface area contributed by atoms with Crippen molar-refractivity contribution in [3.63, 3.8) is 0 Å². The summed E-state index contributed by atoms with van der Waals surface area (Å²) in [4.78, 5) is 12.8. The Bertz CT molecular complexity index is 279. The summed E-state index contributed by atoms with van der Waals surface area (Å²) < 4.78 is 0. The Kier molecular flexibility index (Phi) is 5.49. The van der Waals surface area contributed by atoms with Gasteiger partial charge in [0, 0.05) is 25.2 Å². The number of hydrogen-bond donors (Lipinski definition) is 2. The number of carbonyl (C=O) groups is 1. The van der Waals surface area contributed by atoms with Crippen LogP contribution in [0.4, 0.5) is 4.79 Å². The molecule has 1 saturated carbocycles. The molecule has 110 valence electrons. The Labute approximate surface area is 117 Å². The van der Waals surface area contributed by atoms with Crippen molar-refractivity contribution < 1.29 is 4.79 Å². The lowest BCUT2D eigenvalue weighted by Crippen LogP contribution is -2.49. The Morgan fingerprint density at radius 1 is 1.11 bits per heavy atom. The standard InChI is InChI=1S/C15H29N3O/c1-2-3-12-4-6-13(7-5-12)17-14-8-10-18(11-9-14)15(16)19/h12-14,17H,2-11H2,1H3,(H2,16,19). The van der Waals surface area contributed by atoms with Gasteiger partial charge in [0.15, 0.2) is 0 Å². The molecule has 0 radical (unpaired) electrons. The van der Waals surface area contributed by atoms with Crippen molar-refractivity contribution in [3.8, 4) is 0 Å². The number of nitrogens with zero attached hydrogens (tertiary/aromatic N) is 1. The second-order valence-corrected chi connectivity index (χ2v) is 6.27. The van der Waals surface area contributed by atoms with Gasteiger partial charge in [-0.15, -0.1) is 0 Å². The zero-order chi connectivity index (χ0) is 13.7. The number of urea groups is 1. The van der Waals surface area contributed by atoms with Crippen molar-refractivity contribution in [2.24, 2.45) is 11.7 Å². The highest BCUT2D eigenvalue weighted by Crippen LogP contribution is 2.28. The Hall–Kier alpha value is -0.770. The molecule has 0 bridgehead atoms. The predicted molar refractivity (Wildman–Crippen MR) is 78.0 cm³/mol. The van der Waals surface area contributed by atoms with E-state index in [0.717, 1.165) is 31.8 Å². The van der Waals surface area contributed by atoms with Gasteiger partial charge in [-0.1, -0.05) is 19.8 Å². The normalized spacial score (nSPS) is 29.4. The molecule has 0 aromatic carbocycles. The molecular weight excluding hydrogens is 238 g/mol. The van der Waals surface area contributed by atoms with Crippen LogP contribution in [-0.4, -0.2) is 36.1 Å². The van der Waals surface area contributed by atoms with Gasteiger partial charge in [-0.05, 0) is 44.4 Å². The smallest absolute Gasteiger partial charge is 0.314 e. The highest BCUT2D eigenvalue weighted by Gasteiger charge is 2.25. The third kappa shape index (κ3) is 4.37. The van der Waals surface area contributed by atoms with Gasteiger partial charge in [0.2, 0.25) is 0 Å². The largest absolute Gasteiger partial charge is 0.351 e. The Balaban J connectivity index is 1.65. The first-order chi connectivity index (χ1) is 9.19. The van der Waals surface area contributed by atoms with Crippen molar-refractivity contribution in [3.05, 3.63) is 0 Å². The van der Waals surface area contributed by atoms with Crippen molar-refractivity contribution in [1.82, 2.24) is 10.2 Å². The zero-order valence-electron chi connectivity index (χ0n) is 12.2. The molecule has 0 spiro atoms. The van der Waals surface area contributed by atoms with Gasteiger partial charge in [0.25, 0.3) is 0 Å². The molecule has 0 aromatic rings. The van der Waals surface area contributed by atoms with E-state index in [4.69, 9.17) is 5.73 Å². The van der Waals surface area contributed by atoms with Crippen LogP contribution in [0.2, 0.25) is 0 Å². The van der Waals surface area contributed by atoms with Crippen molar-refractivity contribution >= 4 is 6.03 Å². The number of nitrogens with one attached hydrogen (secondary N) is 1. The van der Waals surface area contributed by atoms with Crippen LogP contribution in [0, 0.1) is 5.92 Å². The number of carbonyl (C=O) groups excluding carboxylic acids is 1. The minimum absolute atomic E-state index is 0.265. The predicted octanol–water partition coefficient (Wildman–Crippen LogP) is 2.48. The molecule has 0 aromatic heterocycles. The van der Waals surface area contributed by atoms with E-state index in [1.807, 2.05) is 0 Å². The van der Waals surface area contributed by atoms with Gasteiger partial charge in [0.05, 0.1) is 0 Å². The fraction of sp³-hybridized carbons (Fsp3) is 0.933. The molecule has 0 atom stereocenters. The molecule has 0 unspecified atom stereocenters. The minimum Gasteiger partial charge on any atom is -0.351 e. The molecule has 1 aliphatic heterocycles. The number of piperidine rings is 1. The van der Waals surface area contributed by atoms with Gasteiger partial charge < -0.3 is 16.0 Å². The molecule has 4 heteroatoms. The first-order valence-corrected chi connectivity index (χ1v) is 7.99. The summed E-state index contributed by atoms with van der Waals surface area (Å²) in [5.74, 6) is 0.972. The van der Waals surface area contributed by atoms with E-state index in [-0.39, 0.29) is 6.03 Å². The Morgan fingerprint density at radius 3 is 2.21 bits per heavy atom. The highest BCUT2D eigenvalue weighted by molar-refractivity contribution is 5.72. The van der Waals surface area contributed by atoms with Gasteiger partial charge in [-0.25, -0.2) is 4.79 Å². The van der Waals surface area contributed by atoms with Crippen LogP contribution in [0.1, 0.15) is 58.3 Å². The average molecular weight is 267 g/mol. The van der Waals surface area contributed by atoms with Gasteiger partial charge in [-0.3, -0.25) is 0 Å². The quantitative estimate of drug-likeness (QED) is 0.822. The molecule has 3 N–H and O–H groups in total. The number of nitrogens with two attached hydrogens (primary N) is 1. The van der Waals surface area contributed by atoms with Crippen LogP contribution < -0.4 is 11.1 Å². The van der Waals surface area contributed by atoms with E-state index in [0.29, 0.717) is 12.1 Å². The summed E-state index contributed by atoms with van der Waals surface area (Å²) in [5, 5.41) is 3.80. The molecule has 1 aliphatic carbocycles. The van der Waals surface area contributed by atoms with Crippen molar-refractivity contribution in [1.29, 1.82) is 0 Å². The molecule has 1 heterocycles. The first kappa shape index (κ1) is 14.6. The summed E-state index contributed by atoms with van der Waals surface area (Å²) in [5.41, 5.74) is 5.31. The van der Waals surface area contributed by atoms with E-state index in [2.05, 4.69) is 12.2 Å². The van der Waals surface area contributed by atoms with Crippen LogP contribution in [0.3, 0.4) is 0 Å². The zero-order valence-corrected chi connectivity index (χ0v) is 12.2. The fourth-order valence-corrected chi connectivity index (χ4v) is 3.63. The molecule has 4 nitrogen and oxygen atoms in total. The molecular formula is C15H29N3O. The van der Waals surface area contributed by atoms with Crippen LogP contribution in [0.5, 0.6) is 0 Å². The van der Waals surface area contributed by atoms with Crippen molar-refractivity contribution in [2.75, 3.05) is 13.1 Å². The van der Waals surface area contributed by atoms with Crippen LogP contribution in [-0.2, 0) is 0 Å². The van der Waals surface area contributed by atoms with E-state index < -0.39 is 0 Å². The van der Waals surface area contributed by atoms with Gasteiger partial charge >= 0.3 is 6.03 Å². The number of amides is 2. The van der Waals surface area contributed by atoms with Gasteiger partial charge in [-0.2, -0.15) is 0 Å². The topological polar surface area (TPSA) is 58.4 Å². The second kappa shape index (κ2) is 7.13. The summed E-state index contributed by atoms with van der Waals surface area (Å²) in [6.45, 7) is 3.92. The summed E-state index contributed by atoms with van der Waals surface area (Å²) in [7, 11) is 0. The van der Waals surface area contributed by atoms with Crippen LogP contribution in [0.25, 0.3) is 0 Å². The lowest BCUT2D eigenvalue weighted by molar-refractivity contribution is 0.175. The average Bonchev–Trinajstić information content (AvgIpc) is 2.42. The van der Waals surface area contributed by atoms with E-state index in [1.54, 1.807) is 4.90 Å². The first-order valence-electron chi connectivity index (χ1n) is 7.99. The molecule has 2 aliphatic rings. The number of primary amides is 1. The summed E-state index contributed by atoms with van der Waals surface area (Å²) in [6.07, 6.45) is 10.3. The maximum atomic E-state index is 11.1. The van der Waals surface area contributed by atoms with Crippen LogP contribution in [0.15, 0.2) is 0 Å². The second-order valence-electron chi connectivity index (χ2n) is 6.27. The number of likely N-dealkylation sites (tertiary alicyclic amines) is 1. The number of hydrogen-bond acceptors (Lipinski definition) is 2. The van der Waals surface area contributed by atoms with Gasteiger partial charge in [0.1, 0.15) is 0 Å². The maximum absolute atomic E-state index is 11.1. The third-order valence-corrected chi connectivity index (χ3v) is 4.82. The molecule has 2 fully saturated rings. The molecule has 2 amide bonds. The maximum Gasteiger partial charge on any atom is 0.314 e. The van der Waals surface area contributed by atoms with Crippen LogP contribution >= 0.6 is 0 Å². The molecule has 2 rings (SSSR count). The highest BCUT2D eigenvalue weighted by atomic mass is 16.2. The monoisotopic (exact) mass is 267 g/mol. The Morgan fingerprint density at radius 2 is 1.68 bits per heavy atom. The lowest BCUT2D eigenvalue weighted by Gasteiger charge is -2.36. The van der Waals surface area contributed by atoms with E-state index in [9.17, 15) is 4.79 Å². The third-order valence-electron chi connectivity index (χ3n) is 4.82. The summed E-state index contributed by atoms with van der Waals surface area (Å²) in [6, 6.07) is 1.03. The minimum atomic E-state index is -0.265.